The number of ether oxygens (including phenoxy) is 1. The average Bonchev–Trinajstić information content (AvgIpc) is 2.78. The molecule has 2 N–H and O–H groups in total. The van der Waals surface area contributed by atoms with E-state index in [9.17, 15) is 27.6 Å². The lowest BCUT2D eigenvalue weighted by Crippen LogP contribution is -2.34. The fourth-order valence-electron chi connectivity index (χ4n) is 3.26. The molecule has 174 valence electrons. The van der Waals surface area contributed by atoms with Gasteiger partial charge in [0.2, 0.25) is 5.91 Å². The molecule has 0 atom stereocenters. The van der Waals surface area contributed by atoms with E-state index in [4.69, 9.17) is 0 Å². The van der Waals surface area contributed by atoms with Gasteiger partial charge < -0.3 is 15.0 Å². The Morgan fingerprint density at radius 1 is 1.15 bits per heavy atom. The number of aromatic amines is 1. The first kappa shape index (κ1) is 23.9. The van der Waals surface area contributed by atoms with Gasteiger partial charge in [0, 0.05) is 0 Å². The predicted molar refractivity (Wildman–Crippen MR) is 114 cm³/mol. The average molecular weight is 462 g/mol. The number of nitrogens with one attached hydrogen (secondary N) is 2. The predicted octanol–water partition coefficient (Wildman–Crippen LogP) is 2.98. The number of methoxy groups -OCH3 is 1. The van der Waals surface area contributed by atoms with Gasteiger partial charge in [-0.3, -0.25) is 14.5 Å². The van der Waals surface area contributed by atoms with Crippen LogP contribution in [0.2, 0.25) is 0 Å². The number of carbonyl (C=O) groups excluding carboxylic acids is 2. The number of halogens is 3. The van der Waals surface area contributed by atoms with Gasteiger partial charge in [-0.2, -0.15) is 0 Å². The molecule has 0 unspecified atom stereocenters. The SMILES string of the molecule is CCCN(CC(=O)Nc1ccc(F)c(F)c1F)Cc1nc2cc(C(=O)OC)ccc2c(=O)[nH]1. The van der Waals surface area contributed by atoms with Crippen molar-refractivity contribution in [3.8, 4) is 0 Å². The van der Waals surface area contributed by atoms with Crippen LogP contribution in [0, 0.1) is 17.5 Å². The Morgan fingerprint density at radius 3 is 2.61 bits per heavy atom. The van der Waals surface area contributed by atoms with E-state index >= 15 is 0 Å². The van der Waals surface area contributed by atoms with E-state index in [1.807, 2.05) is 6.92 Å². The van der Waals surface area contributed by atoms with E-state index < -0.39 is 40.6 Å². The third-order valence-electron chi connectivity index (χ3n) is 4.77. The summed E-state index contributed by atoms with van der Waals surface area (Å²) in [7, 11) is 1.24. The largest absolute Gasteiger partial charge is 0.465 e. The number of rotatable bonds is 8. The van der Waals surface area contributed by atoms with Crippen LogP contribution in [0.25, 0.3) is 10.9 Å². The molecule has 1 amide bonds. The van der Waals surface area contributed by atoms with Crippen LogP contribution in [0.4, 0.5) is 18.9 Å². The molecule has 0 radical (unpaired) electrons. The highest BCUT2D eigenvalue weighted by atomic mass is 19.2. The summed E-state index contributed by atoms with van der Waals surface area (Å²) in [4.78, 5) is 45.2. The second-order valence-electron chi connectivity index (χ2n) is 7.22. The quantitative estimate of drug-likeness (QED) is 0.394. The maximum atomic E-state index is 13.8. The molecular weight excluding hydrogens is 441 g/mol. The van der Waals surface area contributed by atoms with Crippen molar-refractivity contribution in [3.63, 3.8) is 0 Å². The van der Waals surface area contributed by atoms with Crippen molar-refractivity contribution in [2.24, 2.45) is 0 Å². The van der Waals surface area contributed by atoms with Gasteiger partial charge in [0.05, 0.1) is 42.4 Å². The Kier molecular flexibility index (Phi) is 7.44. The number of aromatic nitrogens is 2. The standard InChI is InChI=1S/C22H21F3N4O4/c1-3-8-29(11-18(30)27-15-7-6-14(23)19(24)20(15)25)10-17-26-16-9-12(22(32)33-2)4-5-13(16)21(31)28-17/h4-7,9H,3,8,10-11H2,1-2H3,(H,27,30)(H,26,28,31). The third-order valence-corrected chi connectivity index (χ3v) is 4.77. The van der Waals surface area contributed by atoms with Gasteiger partial charge in [0.25, 0.3) is 5.56 Å². The molecule has 11 heteroatoms. The van der Waals surface area contributed by atoms with Crippen molar-refractivity contribution in [1.82, 2.24) is 14.9 Å². The lowest BCUT2D eigenvalue weighted by Gasteiger charge is -2.20. The fourth-order valence-corrected chi connectivity index (χ4v) is 3.26. The molecule has 0 aliphatic carbocycles. The smallest absolute Gasteiger partial charge is 0.337 e. The third kappa shape index (κ3) is 5.55. The minimum atomic E-state index is -1.68. The highest BCUT2D eigenvalue weighted by Gasteiger charge is 2.18. The van der Waals surface area contributed by atoms with Gasteiger partial charge in [-0.1, -0.05) is 6.92 Å². The van der Waals surface area contributed by atoms with Crippen molar-refractivity contribution in [3.05, 3.63) is 69.5 Å². The van der Waals surface area contributed by atoms with Crippen molar-refractivity contribution in [1.29, 1.82) is 0 Å². The number of hydrogen-bond donors (Lipinski definition) is 2. The Labute approximate surface area is 186 Å². The zero-order chi connectivity index (χ0) is 24.1. The normalized spacial score (nSPS) is 11.1. The highest BCUT2D eigenvalue weighted by molar-refractivity contribution is 5.94. The fraction of sp³-hybridized carbons (Fsp3) is 0.273. The molecule has 1 heterocycles. The number of H-pyrrole nitrogens is 1. The molecule has 0 aliphatic heterocycles. The molecule has 1 aromatic heterocycles. The zero-order valence-corrected chi connectivity index (χ0v) is 17.9. The molecule has 33 heavy (non-hydrogen) atoms. The minimum Gasteiger partial charge on any atom is -0.465 e. The van der Waals surface area contributed by atoms with E-state index in [0.29, 0.717) is 19.0 Å². The Bertz CT molecular complexity index is 1260. The minimum absolute atomic E-state index is 0.0646. The molecule has 0 fully saturated rings. The monoisotopic (exact) mass is 462 g/mol. The maximum absolute atomic E-state index is 13.8. The summed E-state index contributed by atoms with van der Waals surface area (Å²) in [6, 6.07) is 5.99. The van der Waals surface area contributed by atoms with Crippen LogP contribution in [0.3, 0.4) is 0 Å². The number of amides is 1. The van der Waals surface area contributed by atoms with Gasteiger partial charge in [0.15, 0.2) is 17.5 Å². The van der Waals surface area contributed by atoms with Gasteiger partial charge >= 0.3 is 5.97 Å². The summed E-state index contributed by atoms with van der Waals surface area (Å²) in [5.74, 6) is -5.52. The summed E-state index contributed by atoms with van der Waals surface area (Å²) in [5, 5.41) is 2.49. The topological polar surface area (TPSA) is 104 Å². The summed E-state index contributed by atoms with van der Waals surface area (Å²) < 4.78 is 45.0. The first-order chi connectivity index (χ1) is 15.7. The molecule has 0 saturated carbocycles. The Balaban J connectivity index is 1.80. The molecule has 3 aromatic rings. The summed E-state index contributed by atoms with van der Waals surface area (Å²) >= 11 is 0. The molecular formula is C22H21F3N4O4. The van der Waals surface area contributed by atoms with Crippen molar-refractivity contribution < 1.29 is 27.5 Å². The van der Waals surface area contributed by atoms with E-state index in [2.05, 4.69) is 20.0 Å². The second kappa shape index (κ2) is 10.3. The van der Waals surface area contributed by atoms with Gasteiger partial charge in [-0.05, 0) is 43.3 Å². The summed E-state index contributed by atoms with van der Waals surface area (Å²) in [6.07, 6.45) is 0.650. The number of carbonyl (C=O) groups is 2. The van der Waals surface area contributed by atoms with Crippen LogP contribution in [-0.2, 0) is 16.1 Å². The lowest BCUT2D eigenvalue weighted by atomic mass is 10.1. The first-order valence-electron chi connectivity index (χ1n) is 10.0. The van der Waals surface area contributed by atoms with Crippen molar-refractivity contribution >= 4 is 28.5 Å². The van der Waals surface area contributed by atoms with Crippen molar-refractivity contribution in [2.75, 3.05) is 25.5 Å². The van der Waals surface area contributed by atoms with Crippen LogP contribution >= 0.6 is 0 Å². The summed E-state index contributed by atoms with van der Waals surface area (Å²) in [6.45, 7) is 2.14. The zero-order valence-electron chi connectivity index (χ0n) is 17.9. The Morgan fingerprint density at radius 2 is 1.91 bits per heavy atom. The first-order valence-corrected chi connectivity index (χ1v) is 10.0. The van der Waals surface area contributed by atoms with Crippen molar-refractivity contribution in [2.45, 2.75) is 19.9 Å². The number of fused-ring (bicyclic) bond motifs is 1. The molecule has 3 rings (SSSR count). The molecule has 0 aliphatic rings. The molecule has 8 nitrogen and oxygen atoms in total. The number of esters is 1. The van der Waals surface area contributed by atoms with Gasteiger partial charge in [0.1, 0.15) is 5.82 Å². The number of benzene rings is 2. The Hall–Kier alpha value is -3.73. The van der Waals surface area contributed by atoms with Crippen LogP contribution in [0.15, 0.2) is 35.1 Å². The van der Waals surface area contributed by atoms with E-state index in [-0.39, 0.29) is 35.4 Å². The van der Waals surface area contributed by atoms with E-state index in [1.54, 1.807) is 4.90 Å². The number of nitrogens with zero attached hydrogens (tertiary/aromatic N) is 2. The van der Waals surface area contributed by atoms with Crippen LogP contribution in [0.1, 0.15) is 29.5 Å². The number of hydrogen-bond acceptors (Lipinski definition) is 6. The lowest BCUT2D eigenvalue weighted by molar-refractivity contribution is -0.117. The van der Waals surface area contributed by atoms with Crippen LogP contribution < -0.4 is 10.9 Å². The van der Waals surface area contributed by atoms with E-state index in [1.165, 1.54) is 25.3 Å². The molecule has 0 spiro atoms. The number of anilines is 1. The second-order valence-corrected chi connectivity index (χ2v) is 7.22. The molecule has 2 aromatic carbocycles. The maximum Gasteiger partial charge on any atom is 0.337 e. The summed E-state index contributed by atoms with van der Waals surface area (Å²) in [5.41, 5.74) is -0.395. The molecule has 0 saturated heterocycles. The van der Waals surface area contributed by atoms with Crippen LogP contribution in [0.5, 0.6) is 0 Å². The van der Waals surface area contributed by atoms with Crippen LogP contribution in [-0.4, -0.2) is 46.9 Å². The highest BCUT2D eigenvalue weighted by Crippen LogP contribution is 2.19. The van der Waals surface area contributed by atoms with Gasteiger partial charge in [-0.15, -0.1) is 0 Å². The van der Waals surface area contributed by atoms with E-state index in [0.717, 1.165) is 6.07 Å². The van der Waals surface area contributed by atoms with Gasteiger partial charge in [-0.25, -0.2) is 22.9 Å². The molecule has 0 bridgehead atoms.